The molecule has 17 heavy (non-hydrogen) atoms. The van der Waals surface area contributed by atoms with Crippen molar-refractivity contribution in [2.75, 3.05) is 12.4 Å². The standard InChI is InChI=1S/C11H9ClN2O3/c1-17-11(16)10-7(12)3-2-4-8(10)14-9(15)5-6-13/h2-4H,5H2,1H3,(H,14,15). The van der Waals surface area contributed by atoms with Crippen molar-refractivity contribution in [2.45, 2.75) is 6.42 Å². The largest absolute Gasteiger partial charge is 0.465 e. The first-order chi connectivity index (χ1) is 8.10. The maximum atomic E-state index is 11.5. The van der Waals surface area contributed by atoms with Crippen molar-refractivity contribution >= 4 is 29.2 Å². The van der Waals surface area contributed by atoms with Gasteiger partial charge in [0.2, 0.25) is 5.91 Å². The molecule has 0 aliphatic heterocycles. The van der Waals surface area contributed by atoms with Crippen LogP contribution in [-0.4, -0.2) is 19.0 Å². The Morgan fingerprint density at radius 1 is 1.53 bits per heavy atom. The third-order valence-corrected chi connectivity index (χ3v) is 2.23. The molecule has 88 valence electrons. The highest BCUT2D eigenvalue weighted by atomic mass is 35.5. The lowest BCUT2D eigenvalue weighted by Crippen LogP contribution is -2.14. The van der Waals surface area contributed by atoms with Crippen molar-refractivity contribution in [2.24, 2.45) is 0 Å². The number of nitrogens with one attached hydrogen (secondary N) is 1. The summed E-state index contributed by atoms with van der Waals surface area (Å²) < 4.78 is 4.56. The molecule has 0 fully saturated rings. The number of halogens is 1. The number of carbonyl (C=O) groups is 2. The molecule has 6 heteroatoms. The fourth-order valence-electron chi connectivity index (χ4n) is 1.20. The fraction of sp³-hybridized carbons (Fsp3) is 0.182. The molecule has 0 heterocycles. The molecular weight excluding hydrogens is 244 g/mol. The summed E-state index contributed by atoms with van der Waals surface area (Å²) in [5.74, 6) is -1.16. The highest BCUT2D eigenvalue weighted by molar-refractivity contribution is 6.34. The summed E-state index contributed by atoms with van der Waals surface area (Å²) >= 11 is 5.85. The Bertz CT molecular complexity index is 494. The van der Waals surface area contributed by atoms with Crippen molar-refractivity contribution in [1.82, 2.24) is 0 Å². The Kier molecular flexibility index (Phi) is 4.49. The van der Waals surface area contributed by atoms with E-state index in [9.17, 15) is 9.59 Å². The molecule has 1 aromatic carbocycles. The summed E-state index contributed by atoms with van der Waals surface area (Å²) in [5, 5.41) is 11.0. The van der Waals surface area contributed by atoms with Crippen LogP contribution >= 0.6 is 11.6 Å². The second-order valence-electron chi connectivity index (χ2n) is 3.04. The van der Waals surface area contributed by atoms with Crippen molar-refractivity contribution in [3.8, 4) is 6.07 Å². The van der Waals surface area contributed by atoms with Crippen LogP contribution in [0.1, 0.15) is 16.8 Å². The molecule has 1 N–H and O–H groups in total. The van der Waals surface area contributed by atoms with E-state index in [2.05, 4.69) is 10.1 Å². The van der Waals surface area contributed by atoms with Gasteiger partial charge in [0.1, 0.15) is 12.0 Å². The summed E-state index contributed by atoms with van der Waals surface area (Å²) in [7, 11) is 1.21. The predicted molar refractivity (Wildman–Crippen MR) is 61.7 cm³/mol. The molecule has 0 saturated heterocycles. The van der Waals surface area contributed by atoms with E-state index in [0.29, 0.717) is 0 Å². The molecule has 1 rings (SSSR count). The average molecular weight is 253 g/mol. The Hall–Kier alpha value is -2.06. The predicted octanol–water partition coefficient (Wildman–Crippen LogP) is 1.98. The molecule has 0 unspecified atom stereocenters. The minimum Gasteiger partial charge on any atom is -0.465 e. The highest BCUT2D eigenvalue weighted by Crippen LogP contribution is 2.25. The minimum absolute atomic E-state index is 0.0722. The summed E-state index contributed by atoms with van der Waals surface area (Å²) in [6.07, 6.45) is -0.298. The van der Waals surface area contributed by atoms with Crippen LogP contribution in [0.4, 0.5) is 5.69 Å². The van der Waals surface area contributed by atoms with Crippen LogP contribution in [0.3, 0.4) is 0 Å². The normalized spacial score (nSPS) is 9.24. The highest BCUT2D eigenvalue weighted by Gasteiger charge is 2.17. The van der Waals surface area contributed by atoms with Crippen LogP contribution in [-0.2, 0) is 9.53 Å². The van der Waals surface area contributed by atoms with Crippen molar-refractivity contribution in [1.29, 1.82) is 5.26 Å². The maximum Gasteiger partial charge on any atom is 0.341 e. The number of hydrogen-bond donors (Lipinski definition) is 1. The average Bonchev–Trinajstić information content (AvgIpc) is 2.28. The first-order valence-electron chi connectivity index (χ1n) is 4.63. The molecule has 0 saturated carbocycles. The number of methoxy groups -OCH3 is 1. The van der Waals surface area contributed by atoms with Gasteiger partial charge in [0.15, 0.2) is 0 Å². The number of ether oxygens (including phenoxy) is 1. The molecule has 0 bridgehead atoms. The number of anilines is 1. The van der Waals surface area contributed by atoms with E-state index in [1.54, 1.807) is 12.1 Å². The van der Waals surface area contributed by atoms with E-state index in [-0.39, 0.29) is 22.7 Å². The second kappa shape index (κ2) is 5.87. The van der Waals surface area contributed by atoms with Gasteiger partial charge in [-0.2, -0.15) is 5.26 Å². The number of benzene rings is 1. The van der Waals surface area contributed by atoms with E-state index in [1.807, 2.05) is 0 Å². The molecule has 1 amide bonds. The smallest absolute Gasteiger partial charge is 0.341 e. The summed E-state index contributed by atoms with van der Waals surface area (Å²) in [5.41, 5.74) is 0.299. The first kappa shape index (κ1) is 13.0. The van der Waals surface area contributed by atoms with Crippen molar-refractivity contribution in [3.05, 3.63) is 28.8 Å². The topological polar surface area (TPSA) is 79.2 Å². The van der Waals surface area contributed by atoms with E-state index in [0.717, 1.165) is 0 Å². The Morgan fingerprint density at radius 2 is 2.24 bits per heavy atom. The van der Waals surface area contributed by atoms with Crippen LogP contribution in [0.2, 0.25) is 5.02 Å². The number of hydrogen-bond acceptors (Lipinski definition) is 4. The van der Waals surface area contributed by atoms with Crippen LogP contribution < -0.4 is 5.32 Å². The molecule has 0 aromatic heterocycles. The summed E-state index contributed by atoms with van der Waals surface area (Å²) in [6, 6.07) is 6.30. The van der Waals surface area contributed by atoms with Gasteiger partial charge in [-0.25, -0.2) is 4.79 Å². The number of amides is 1. The lowest BCUT2D eigenvalue weighted by molar-refractivity contribution is -0.115. The minimum atomic E-state index is -0.650. The van der Waals surface area contributed by atoms with Gasteiger partial charge in [0.25, 0.3) is 0 Å². The first-order valence-corrected chi connectivity index (χ1v) is 5.01. The summed E-state index contributed by atoms with van der Waals surface area (Å²) in [4.78, 5) is 22.7. The third kappa shape index (κ3) is 3.20. The number of carbonyl (C=O) groups excluding carboxylic acids is 2. The van der Waals surface area contributed by atoms with Gasteiger partial charge in [0, 0.05) is 0 Å². The van der Waals surface area contributed by atoms with E-state index >= 15 is 0 Å². The number of nitriles is 1. The van der Waals surface area contributed by atoms with Gasteiger partial charge < -0.3 is 10.1 Å². The Morgan fingerprint density at radius 3 is 2.82 bits per heavy atom. The number of esters is 1. The lowest BCUT2D eigenvalue weighted by atomic mass is 10.1. The van der Waals surface area contributed by atoms with Crippen LogP contribution in [0.15, 0.2) is 18.2 Å². The SMILES string of the molecule is COC(=O)c1c(Cl)cccc1NC(=O)CC#N. The maximum absolute atomic E-state index is 11.5. The van der Waals surface area contributed by atoms with Crippen LogP contribution in [0, 0.1) is 11.3 Å². The quantitative estimate of drug-likeness (QED) is 0.834. The van der Waals surface area contributed by atoms with Gasteiger partial charge in [-0.15, -0.1) is 0 Å². The molecule has 0 radical (unpaired) electrons. The molecule has 0 aliphatic rings. The third-order valence-electron chi connectivity index (χ3n) is 1.92. The van der Waals surface area contributed by atoms with E-state index in [1.165, 1.54) is 19.2 Å². The fourth-order valence-corrected chi connectivity index (χ4v) is 1.46. The number of rotatable bonds is 3. The monoisotopic (exact) mass is 252 g/mol. The second-order valence-corrected chi connectivity index (χ2v) is 3.44. The van der Waals surface area contributed by atoms with Gasteiger partial charge in [0.05, 0.1) is 23.9 Å². The lowest BCUT2D eigenvalue weighted by Gasteiger charge is -2.09. The van der Waals surface area contributed by atoms with Crippen molar-refractivity contribution in [3.63, 3.8) is 0 Å². The van der Waals surface area contributed by atoms with Gasteiger partial charge in [-0.1, -0.05) is 17.7 Å². The Labute approximate surface area is 103 Å². The molecular formula is C11H9ClN2O3. The van der Waals surface area contributed by atoms with Gasteiger partial charge in [-0.05, 0) is 12.1 Å². The van der Waals surface area contributed by atoms with E-state index in [4.69, 9.17) is 16.9 Å². The van der Waals surface area contributed by atoms with Gasteiger partial charge >= 0.3 is 5.97 Å². The molecule has 0 atom stereocenters. The molecule has 0 spiro atoms. The zero-order valence-corrected chi connectivity index (χ0v) is 9.75. The molecule has 1 aromatic rings. The van der Waals surface area contributed by atoms with Crippen LogP contribution in [0.5, 0.6) is 0 Å². The Balaban J connectivity index is 3.07. The molecule has 5 nitrogen and oxygen atoms in total. The zero-order chi connectivity index (χ0) is 12.8. The van der Waals surface area contributed by atoms with E-state index < -0.39 is 11.9 Å². The van der Waals surface area contributed by atoms with Crippen LogP contribution in [0.25, 0.3) is 0 Å². The summed E-state index contributed by atoms with van der Waals surface area (Å²) in [6.45, 7) is 0. The molecule has 0 aliphatic carbocycles. The van der Waals surface area contributed by atoms with Gasteiger partial charge in [-0.3, -0.25) is 4.79 Å². The van der Waals surface area contributed by atoms with Crippen molar-refractivity contribution < 1.29 is 14.3 Å². The number of nitrogens with zero attached hydrogens (tertiary/aromatic N) is 1. The zero-order valence-electron chi connectivity index (χ0n) is 8.99.